The zero-order chi connectivity index (χ0) is 27.6. The van der Waals surface area contributed by atoms with E-state index in [4.69, 9.17) is 16.6 Å². The second-order valence-corrected chi connectivity index (χ2v) is 10.5. The fourth-order valence-electron chi connectivity index (χ4n) is 5.03. The van der Waals surface area contributed by atoms with Crippen LogP contribution in [0.5, 0.6) is 5.75 Å². The van der Waals surface area contributed by atoms with E-state index < -0.39 is 12.0 Å². The zero-order valence-corrected chi connectivity index (χ0v) is 22.7. The lowest BCUT2D eigenvalue weighted by molar-refractivity contribution is -0.122. The first-order chi connectivity index (χ1) is 18.0. The first-order valence-electron chi connectivity index (χ1n) is 12.5. The van der Waals surface area contributed by atoms with E-state index in [1.807, 2.05) is 37.3 Å². The van der Waals surface area contributed by atoms with E-state index in [2.05, 4.69) is 9.64 Å². The minimum absolute atomic E-state index is 0.00356. The Morgan fingerprint density at radius 3 is 2.66 bits per heavy atom. The monoisotopic (exact) mass is 543 g/mol. The summed E-state index contributed by atoms with van der Waals surface area (Å²) in [5, 5.41) is 10.0. The van der Waals surface area contributed by atoms with E-state index >= 15 is 0 Å². The topological polar surface area (TPSA) is 65.9 Å². The van der Waals surface area contributed by atoms with Crippen molar-refractivity contribution in [2.24, 2.45) is 0 Å². The Bertz CT molecular complexity index is 1320. The molecule has 3 aromatic rings. The van der Waals surface area contributed by atoms with Crippen molar-refractivity contribution in [3.8, 4) is 16.9 Å². The maximum absolute atomic E-state index is 13.9. The number of amides is 1. The van der Waals surface area contributed by atoms with Gasteiger partial charge in [0.25, 0.3) is 0 Å². The lowest BCUT2D eigenvalue weighted by Gasteiger charge is -2.32. The van der Waals surface area contributed by atoms with Gasteiger partial charge in [0.05, 0.1) is 29.9 Å². The van der Waals surface area contributed by atoms with Gasteiger partial charge in [-0.2, -0.15) is 8.78 Å². The summed E-state index contributed by atoms with van der Waals surface area (Å²) < 4.78 is 30.3. The Kier molecular flexibility index (Phi) is 8.23. The van der Waals surface area contributed by atoms with Crippen LogP contribution in [0.4, 0.5) is 20.3 Å². The number of hydrogen-bond acceptors (Lipinski definition) is 5. The van der Waals surface area contributed by atoms with Crippen molar-refractivity contribution in [2.45, 2.75) is 51.7 Å². The Balaban J connectivity index is 1.76. The van der Waals surface area contributed by atoms with Crippen molar-refractivity contribution in [3.05, 3.63) is 70.9 Å². The van der Waals surface area contributed by atoms with Gasteiger partial charge in [-0.05, 0) is 74.6 Å². The van der Waals surface area contributed by atoms with Crippen molar-refractivity contribution >= 4 is 29.0 Å². The van der Waals surface area contributed by atoms with E-state index in [-0.39, 0.29) is 29.3 Å². The molecule has 1 saturated heterocycles. The SMILES string of the molecule is Cc1ccccc1-c1cc(N2CCC[C@H]2CO)ncc1N(C)C(=O)C(C)(C)c1cc(Cl)cc(OC(F)F)c1. The summed E-state index contributed by atoms with van der Waals surface area (Å²) in [5.41, 5.74) is 2.75. The number of aliphatic hydroxyl groups is 1. The number of aryl methyl sites for hydroxylation is 1. The van der Waals surface area contributed by atoms with Gasteiger partial charge in [0, 0.05) is 24.2 Å². The third-order valence-electron chi connectivity index (χ3n) is 7.20. The van der Waals surface area contributed by atoms with E-state index in [1.165, 1.54) is 12.1 Å². The van der Waals surface area contributed by atoms with Crippen LogP contribution < -0.4 is 14.5 Å². The van der Waals surface area contributed by atoms with Gasteiger partial charge < -0.3 is 19.6 Å². The molecular formula is C29H32ClF2N3O3. The van der Waals surface area contributed by atoms with Gasteiger partial charge in [-0.3, -0.25) is 4.79 Å². The van der Waals surface area contributed by atoms with Gasteiger partial charge in [0.15, 0.2) is 0 Å². The van der Waals surface area contributed by atoms with E-state index in [9.17, 15) is 18.7 Å². The fraction of sp³-hybridized carbons (Fsp3) is 0.379. The van der Waals surface area contributed by atoms with Crippen LogP contribution in [0, 0.1) is 6.92 Å². The van der Waals surface area contributed by atoms with Crippen LogP contribution in [0.3, 0.4) is 0 Å². The molecular weight excluding hydrogens is 512 g/mol. The molecule has 0 spiro atoms. The van der Waals surface area contributed by atoms with Crippen molar-refractivity contribution < 1.29 is 23.4 Å². The Morgan fingerprint density at radius 2 is 1.97 bits per heavy atom. The van der Waals surface area contributed by atoms with Gasteiger partial charge in [-0.15, -0.1) is 0 Å². The van der Waals surface area contributed by atoms with Crippen LogP contribution in [0.1, 0.15) is 37.8 Å². The van der Waals surface area contributed by atoms with Crippen LogP contribution in [-0.2, 0) is 10.2 Å². The molecule has 2 aromatic carbocycles. The number of aromatic nitrogens is 1. The predicted molar refractivity (Wildman–Crippen MR) is 146 cm³/mol. The number of carbonyl (C=O) groups excluding carboxylic acids is 1. The molecule has 1 aromatic heterocycles. The third kappa shape index (κ3) is 5.61. The molecule has 202 valence electrons. The summed E-state index contributed by atoms with van der Waals surface area (Å²) >= 11 is 6.18. The van der Waals surface area contributed by atoms with Gasteiger partial charge in [-0.1, -0.05) is 35.9 Å². The lowest BCUT2D eigenvalue weighted by Crippen LogP contribution is -2.42. The van der Waals surface area contributed by atoms with Crippen LogP contribution in [0.15, 0.2) is 54.7 Å². The van der Waals surface area contributed by atoms with Crippen LogP contribution >= 0.6 is 11.6 Å². The zero-order valence-electron chi connectivity index (χ0n) is 21.9. The lowest BCUT2D eigenvalue weighted by atomic mass is 9.83. The smallest absolute Gasteiger partial charge is 0.387 e. The molecule has 4 rings (SSSR count). The first kappa shape index (κ1) is 27.8. The number of alkyl halides is 2. The van der Waals surface area contributed by atoms with Crippen LogP contribution in [0.25, 0.3) is 11.1 Å². The van der Waals surface area contributed by atoms with Gasteiger partial charge in [0.2, 0.25) is 5.91 Å². The standard InChI is InChI=1S/C29H32ClF2N3O3/c1-18-8-5-6-10-23(18)24-15-26(35-11-7-9-21(35)17-36)33-16-25(24)34(4)27(37)29(2,3)19-12-20(30)14-22(13-19)38-28(31)32/h5-6,8,10,12-16,21,28,36H,7,9,11,17H2,1-4H3/t21-/m0/s1. The summed E-state index contributed by atoms with van der Waals surface area (Å²) in [4.78, 5) is 22.3. The summed E-state index contributed by atoms with van der Waals surface area (Å²) in [6.07, 6.45) is 3.54. The number of benzene rings is 2. The van der Waals surface area contributed by atoms with E-state index in [0.717, 1.165) is 41.9 Å². The highest BCUT2D eigenvalue weighted by Gasteiger charge is 2.35. The average molecular weight is 544 g/mol. The second-order valence-electron chi connectivity index (χ2n) is 10.1. The Morgan fingerprint density at radius 1 is 1.24 bits per heavy atom. The number of carbonyl (C=O) groups is 1. The summed E-state index contributed by atoms with van der Waals surface area (Å²) in [6.45, 7) is 3.28. The molecule has 38 heavy (non-hydrogen) atoms. The molecule has 0 bridgehead atoms. The maximum Gasteiger partial charge on any atom is 0.387 e. The van der Waals surface area contributed by atoms with Crippen LogP contribution in [-0.4, -0.2) is 48.9 Å². The summed E-state index contributed by atoms with van der Waals surface area (Å²) in [6, 6.07) is 14.2. The number of nitrogens with zero attached hydrogens (tertiary/aromatic N) is 3. The summed E-state index contributed by atoms with van der Waals surface area (Å²) in [5.74, 6) is 0.357. The molecule has 1 aliphatic rings. The molecule has 0 saturated carbocycles. The molecule has 1 atom stereocenters. The van der Waals surface area contributed by atoms with Crippen molar-refractivity contribution in [2.75, 3.05) is 30.0 Å². The molecule has 1 N–H and O–H groups in total. The number of hydrogen-bond donors (Lipinski definition) is 1. The number of anilines is 2. The number of pyridine rings is 1. The molecule has 1 aliphatic heterocycles. The minimum atomic E-state index is -3.01. The molecule has 2 heterocycles. The van der Waals surface area contributed by atoms with E-state index in [1.54, 1.807) is 38.1 Å². The molecule has 1 fully saturated rings. The normalized spacial score (nSPS) is 15.7. The van der Waals surface area contributed by atoms with Gasteiger partial charge >= 0.3 is 6.61 Å². The minimum Gasteiger partial charge on any atom is -0.435 e. The average Bonchev–Trinajstić information content (AvgIpc) is 3.36. The highest BCUT2D eigenvalue weighted by atomic mass is 35.5. The highest BCUT2D eigenvalue weighted by molar-refractivity contribution is 6.30. The number of likely N-dealkylation sites (N-methyl/N-ethyl adjacent to an activating group) is 1. The molecule has 6 nitrogen and oxygen atoms in total. The van der Waals surface area contributed by atoms with Crippen molar-refractivity contribution in [1.82, 2.24) is 4.98 Å². The Hall–Kier alpha value is -3.23. The number of aliphatic hydroxyl groups excluding tert-OH is 1. The predicted octanol–water partition coefficient (Wildman–Crippen LogP) is 6.21. The third-order valence-corrected chi connectivity index (χ3v) is 7.42. The molecule has 0 radical (unpaired) electrons. The van der Waals surface area contributed by atoms with Gasteiger partial charge in [-0.25, -0.2) is 4.98 Å². The Labute approximate surface area is 226 Å². The highest BCUT2D eigenvalue weighted by Crippen LogP contribution is 2.39. The molecule has 0 unspecified atom stereocenters. The number of halogens is 3. The fourth-order valence-corrected chi connectivity index (χ4v) is 5.25. The molecule has 0 aliphatic carbocycles. The largest absolute Gasteiger partial charge is 0.435 e. The maximum atomic E-state index is 13.9. The second kappa shape index (κ2) is 11.3. The quantitative estimate of drug-likeness (QED) is 0.366. The van der Waals surface area contributed by atoms with Crippen molar-refractivity contribution in [3.63, 3.8) is 0 Å². The van der Waals surface area contributed by atoms with Gasteiger partial charge in [0.1, 0.15) is 11.6 Å². The van der Waals surface area contributed by atoms with Crippen molar-refractivity contribution in [1.29, 1.82) is 0 Å². The number of rotatable bonds is 8. The first-order valence-corrected chi connectivity index (χ1v) is 12.9. The molecule has 9 heteroatoms. The molecule has 1 amide bonds. The van der Waals surface area contributed by atoms with Crippen LogP contribution in [0.2, 0.25) is 5.02 Å². The summed E-state index contributed by atoms with van der Waals surface area (Å²) in [7, 11) is 1.68. The number of ether oxygens (including phenoxy) is 1. The van der Waals surface area contributed by atoms with E-state index in [0.29, 0.717) is 11.3 Å².